The number of rotatable bonds is 3. The molecule has 6 heteroatoms. The number of piperidine rings is 1. The zero-order valence-electron chi connectivity index (χ0n) is 13.2. The summed E-state index contributed by atoms with van der Waals surface area (Å²) < 4.78 is 0. The minimum Gasteiger partial charge on any atom is -0.324 e. The zero-order chi connectivity index (χ0) is 15.6. The van der Waals surface area contributed by atoms with Crippen molar-refractivity contribution < 1.29 is 9.59 Å². The molecule has 0 bridgehead atoms. The second-order valence-corrected chi connectivity index (χ2v) is 6.37. The Morgan fingerprint density at radius 2 is 1.91 bits per heavy atom. The van der Waals surface area contributed by atoms with Crippen LogP contribution in [0.3, 0.4) is 0 Å². The van der Waals surface area contributed by atoms with Crippen molar-refractivity contribution in [1.29, 1.82) is 0 Å². The number of anilines is 2. The van der Waals surface area contributed by atoms with Gasteiger partial charge in [-0.05, 0) is 43.9 Å². The minimum atomic E-state index is -0.739. The van der Waals surface area contributed by atoms with Gasteiger partial charge in [-0.15, -0.1) is 12.4 Å². The summed E-state index contributed by atoms with van der Waals surface area (Å²) in [6.07, 6.45) is 6.07. The molecule has 1 heterocycles. The summed E-state index contributed by atoms with van der Waals surface area (Å²) in [6.45, 7) is 0.747. The van der Waals surface area contributed by atoms with Gasteiger partial charge in [-0.1, -0.05) is 18.9 Å². The minimum absolute atomic E-state index is 0. The lowest BCUT2D eigenvalue weighted by molar-refractivity contribution is -0.121. The SMILES string of the molecule is Cl.NC1(C(=O)Nc2cccc(N3CCCCC3=O)c2)CCCC1. The Hall–Kier alpha value is -1.59. The average Bonchev–Trinajstić information content (AvgIpc) is 2.96. The van der Waals surface area contributed by atoms with E-state index in [9.17, 15) is 9.59 Å². The van der Waals surface area contributed by atoms with Crippen molar-refractivity contribution in [3.8, 4) is 0 Å². The molecule has 0 aromatic heterocycles. The first kappa shape index (κ1) is 17.8. The quantitative estimate of drug-likeness (QED) is 0.890. The van der Waals surface area contributed by atoms with Gasteiger partial charge in [0.05, 0.1) is 5.54 Å². The largest absolute Gasteiger partial charge is 0.324 e. The summed E-state index contributed by atoms with van der Waals surface area (Å²) in [6, 6.07) is 7.48. The Balaban J connectivity index is 0.00000192. The molecule has 2 fully saturated rings. The van der Waals surface area contributed by atoms with Gasteiger partial charge >= 0.3 is 0 Å². The average molecular weight is 338 g/mol. The van der Waals surface area contributed by atoms with Gasteiger partial charge in [-0.2, -0.15) is 0 Å². The maximum Gasteiger partial charge on any atom is 0.244 e. The van der Waals surface area contributed by atoms with Crippen LogP contribution in [0.15, 0.2) is 24.3 Å². The highest BCUT2D eigenvalue weighted by Crippen LogP contribution is 2.29. The van der Waals surface area contributed by atoms with Crippen LogP contribution >= 0.6 is 12.4 Å². The van der Waals surface area contributed by atoms with E-state index < -0.39 is 5.54 Å². The van der Waals surface area contributed by atoms with Gasteiger partial charge in [0.2, 0.25) is 11.8 Å². The Bertz CT molecular complexity index is 585. The molecule has 1 aliphatic heterocycles. The number of benzene rings is 1. The maximum absolute atomic E-state index is 12.4. The predicted octanol–water partition coefficient (Wildman–Crippen LogP) is 2.84. The Kier molecular flexibility index (Phi) is 5.65. The number of nitrogens with zero attached hydrogens (tertiary/aromatic N) is 1. The van der Waals surface area contributed by atoms with Crippen molar-refractivity contribution >= 4 is 35.6 Å². The van der Waals surface area contributed by atoms with E-state index in [-0.39, 0.29) is 24.2 Å². The number of carbonyl (C=O) groups excluding carboxylic acids is 2. The molecule has 0 unspecified atom stereocenters. The van der Waals surface area contributed by atoms with Gasteiger partial charge in [0.25, 0.3) is 0 Å². The Morgan fingerprint density at radius 1 is 1.17 bits per heavy atom. The molecular weight excluding hydrogens is 314 g/mol. The van der Waals surface area contributed by atoms with E-state index >= 15 is 0 Å². The molecule has 1 aromatic rings. The van der Waals surface area contributed by atoms with Crippen molar-refractivity contribution in [1.82, 2.24) is 0 Å². The molecule has 1 aromatic carbocycles. The molecule has 23 heavy (non-hydrogen) atoms. The number of nitrogens with two attached hydrogens (primary N) is 1. The number of halogens is 1. The van der Waals surface area contributed by atoms with Crippen LogP contribution in [0.25, 0.3) is 0 Å². The molecule has 0 atom stereocenters. The van der Waals surface area contributed by atoms with Crippen molar-refractivity contribution in [2.24, 2.45) is 5.73 Å². The molecule has 0 spiro atoms. The molecule has 126 valence electrons. The van der Waals surface area contributed by atoms with E-state index in [2.05, 4.69) is 5.32 Å². The van der Waals surface area contributed by atoms with Gasteiger partial charge in [-0.25, -0.2) is 0 Å². The summed E-state index contributed by atoms with van der Waals surface area (Å²) in [7, 11) is 0. The third-order valence-electron chi connectivity index (χ3n) is 4.69. The van der Waals surface area contributed by atoms with Crippen LogP contribution in [0.4, 0.5) is 11.4 Å². The van der Waals surface area contributed by atoms with Crippen LogP contribution in [0.2, 0.25) is 0 Å². The molecular formula is C17H24ClN3O2. The molecule has 1 aliphatic carbocycles. The normalized spacial score (nSPS) is 20.0. The van der Waals surface area contributed by atoms with E-state index in [4.69, 9.17) is 5.73 Å². The number of nitrogens with one attached hydrogen (secondary N) is 1. The number of carbonyl (C=O) groups is 2. The zero-order valence-corrected chi connectivity index (χ0v) is 14.0. The predicted molar refractivity (Wildman–Crippen MR) is 93.9 cm³/mol. The van der Waals surface area contributed by atoms with E-state index in [1.54, 1.807) is 4.90 Å². The maximum atomic E-state index is 12.4. The fourth-order valence-corrected chi connectivity index (χ4v) is 3.32. The first-order valence-electron chi connectivity index (χ1n) is 8.09. The molecule has 1 saturated heterocycles. The van der Waals surface area contributed by atoms with Crippen LogP contribution in [0.5, 0.6) is 0 Å². The standard InChI is InChI=1S/C17H23N3O2.ClH/c18-17(9-2-3-10-17)16(22)19-13-6-5-7-14(12-13)20-11-4-1-8-15(20)21;/h5-7,12H,1-4,8-11,18H2,(H,19,22);1H. The molecule has 3 rings (SSSR count). The summed E-state index contributed by atoms with van der Waals surface area (Å²) >= 11 is 0. The highest BCUT2D eigenvalue weighted by atomic mass is 35.5. The lowest BCUT2D eigenvalue weighted by Crippen LogP contribution is -2.48. The first-order chi connectivity index (χ1) is 10.6. The highest BCUT2D eigenvalue weighted by Gasteiger charge is 2.37. The van der Waals surface area contributed by atoms with E-state index in [0.29, 0.717) is 12.1 Å². The van der Waals surface area contributed by atoms with Crippen molar-refractivity contribution in [2.75, 3.05) is 16.8 Å². The second-order valence-electron chi connectivity index (χ2n) is 6.37. The molecule has 5 nitrogen and oxygen atoms in total. The Morgan fingerprint density at radius 3 is 2.61 bits per heavy atom. The molecule has 1 saturated carbocycles. The third-order valence-corrected chi connectivity index (χ3v) is 4.69. The van der Waals surface area contributed by atoms with Gasteiger partial charge in [0, 0.05) is 24.3 Å². The number of hydrogen-bond acceptors (Lipinski definition) is 3. The van der Waals surface area contributed by atoms with Gasteiger partial charge in [0.15, 0.2) is 0 Å². The Labute approximate surface area is 143 Å². The van der Waals surface area contributed by atoms with Gasteiger partial charge in [0.1, 0.15) is 0 Å². The molecule has 3 N–H and O–H groups in total. The lowest BCUT2D eigenvalue weighted by atomic mass is 9.98. The van der Waals surface area contributed by atoms with E-state index in [0.717, 1.165) is 50.8 Å². The van der Waals surface area contributed by atoms with Crippen LogP contribution < -0.4 is 16.0 Å². The van der Waals surface area contributed by atoms with Crippen molar-refractivity contribution in [3.05, 3.63) is 24.3 Å². The van der Waals surface area contributed by atoms with Gasteiger partial charge < -0.3 is 16.0 Å². The van der Waals surface area contributed by atoms with Crippen LogP contribution in [-0.4, -0.2) is 23.9 Å². The van der Waals surface area contributed by atoms with E-state index in [1.807, 2.05) is 24.3 Å². The molecule has 2 aliphatic rings. The summed E-state index contributed by atoms with van der Waals surface area (Å²) in [4.78, 5) is 26.2. The lowest BCUT2D eigenvalue weighted by Gasteiger charge is -2.27. The van der Waals surface area contributed by atoms with Crippen molar-refractivity contribution in [3.63, 3.8) is 0 Å². The van der Waals surface area contributed by atoms with Crippen molar-refractivity contribution in [2.45, 2.75) is 50.5 Å². The third kappa shape index (κ3) is 3.85. The summed E-state index contributed by atoms with van der Waals surface area (Å²) in [5, 5.41) is 2.92. The van der Waals surface area contributed by atoms with E-state index in [1.165, 1.54) is 0 Å². The smallest absolute Gasteiger partial charge is 0.244 e. The van der Waals surface area contributed by atoms with Crippen LogP contribution in [0, 0.1) is 0 Å². The molecule has 2 amide bonds. The molecule has 0 radical (unpaired) electrons. The fraction of sp³-hybridized carbons (Fsp3) is 0.529. The first-order valence-corrected chi connectivity index (χ1v) is 8.09. The monoisotopic (exact) mass is 337 g/mol. The van der Waals surface area contributed by atoms with Gasteiger partial charge in [-0.3, -0.25) is 9.59 Å². The van der Waals surface area contributed by atoms with Crippen LogP contribution in [0.1, 0.15) is 44.9 Å². The summed E-state index contributed by atoms with van der Waals surface area (Å²) in [5.41, 5.74) is 6.99. The fourth-order valence-electron chi connectivity index (χ4n) is 3.32. The number of hydrogen-bond donors (Lipinski definition) is 2. The highest BCUT2D eigenvalue weighted by molar-refractivity contribution is 5.99. The van der Waals surface area contributed by atoms with Crippen LogP contribution in [-0.2, 0) is 9.59 Å². The number of amides is 2. The summed E-state index contributed by atoms with van der Waals surface area (Å²) in [5.74, 6) is 0.0351. The second kappa shape index (κ2) is 7.32. The topological polar surface area (TPSA) is 75.4 Å².